The molecular weight excluding hydrogens is 536 g/mol. The number of aromatic nitrogens is 4. The van der Waals surface area contributed by atoms with Gasteiger partial charge in [0, 0.05) is 33.6 Å². The monoisotopic (exact) mass is 562 g/mol. The smallest absolute Gasteiger partial charge is 0.237 e. The van der Waals surface area contributed by atoms with Gasteiger partial charge in [0.05, 0.1) is 16.7 Å². The van der Waals surface area contributed by atoms with Crippen molar-refractivity contribution in [2.45, 2.75) is 0 Å². The Morgan fingerprint density at radius 2 is 1.09 bits per heavy atom. The summed E-state index contributed by atoms with van der Waals surface area (Å²) in [6, 6.07) is 53.3. The number of hydrogen-bond donors (Lipinski definition) is 0. The summed E-state index contributed by atoms with van der Waals surface area (Å²) in [4.78, 5) is 10.6. The molecule has 6 aromatic carbocycles. The lowest BCUT2D eigenvalue weighted by molar-refractivity contribution is 0.988. The normalized spacial score (nSPS) is 11.6. The third kappa shape index (κ3) is 3.78. The number of rotatable bonds is 4. The van der Waals surface area contributed by atoms with Crippen molar-refractivity contribution in [3.05, 3.63) is 158 Å². The number of para-hydroxylation sites is 3. The van der Waals surface area contributed by atoms with Crippen LogP contribution in [0.2, 0.25) is 0 Å². The molecule has 0 radical (unpaired) electrons. The van der Waals surface area contributed by atoms with Crippen molar-refractivity contribution >= 4 is 43.6 Å². The lowest BCUT2D eigenvalue weighted by Gasteiger charge is -2.13. The van der Waals surface area contributed by atoms with Crippen LogP contribution in [-0.4, -0.2) is 19.1 Å². The zero-order chi connectivity index (χ0) is 29.0. The Hall–Kier alpha value is -6.00. The van der Waals surface area contributed by atoms with Crippen molar-refractivity contribution in [2.24, 2.45) is 0 Å². The van der Waals surface area contributed by atoms with E-state index in [1.54, 1.807) is 0 Å². The molecule has 0 saturated carbocycles. The number of hydrogen-bond acceptors (Lipinski definition) is 2. The van der Waals surface area contributed by atoms with E-state index in [1.165, 1.54) is 27.1 Å². The molecule has 0 bridgehead atoms. The summed E-state index contributed by atoms with van der Waals surface area (Å²) >= 11 is 0. The molecule has 4 nitrogen and oxygen atoms in total. The summed E-state index contributed by atoms with van der Waals surface area (Å²) in [5.74, 6) is 0.649. The summed E-state index contributed by atoms with van der Waals surface area (Å²) in [5.41, 5.74) is 8.42. The van der Waals surface area contributed by atoms with E-state index in [0.717, 1.165) is 44.6 Å². The molecule has 0 aliphatic carbocycles. The van der Waals surface area contributed by atoms with Crippen molar-refractivity contribution in [1.29, 1.82) is 0 Å². The molecule has 0 saturated heterocycles. The van der Waals surface area contributed by atoms with E-state index in [4.69, 9.17) is 9.97 Å². The molecular formula is C40H26N4. The quantitative estimate of drug-likeness (QED) is 0.214. The fraction of sp³-hybridized carbons (Fsp3) is 0. The molecule has 3 aromatic heterocycles. The van der Waals surface area contributed by atoms with Gasteiger partial charge in [-0.1, -0.05) is 115 Å². The maximum atomic E-state index is 5.36. The van der Waals surface area contributed by atoms with Crippen LogP contribution in [0.3, 0.4) is 0 Å². The van der Waals surface area contributed by atoms with Gasteiger partial charge in [0.15, 0.2) is 5.65 Å². The molecule has 206 valence electrons. The van der Waals surface area contributed by atoms with Crippen LogP contribution in [0, 0.1) is 0 Å². The molecule has 0 spiro atoms. The molecule has 9 rings (SSSR count). The minimum atomic E-state index is 0.649. The van der Waals surface area contributed by atoms with Crippen molar-refractivity contribution < 1.29 is 0 Å². The number of fused-ring (bicyclic) bond motifs is 5. The highest BCUT2D eigenvalue weighted by atomic mass is 15.2. The van der Waals surface area contributed by atoms with E-state index in [1.807, 2.05) is 6.07 Å². The first-order valence-corrected chi connectivity index (χ1v) is 14.9. The lowest BCUT2D eigenvalue weighted by atomic mass is 9.96. The van der Waals surface area contributed by atoms with Crippen molar-refractivity contribution in [1.82, 2.24) is 19.1 Å². The van der Waals surface area contributed by atoms with Gasteiger partial charge in [-0.15, -0.1) is 0 Å². The Bertz CT molecular complexity index is 2440. The summed E-state index contributed by atoms with van der Waals surface area (Å²) in [6.45, 7) is 0. The topological polar surface area (TPSA) is 35.6 Å². The third-order valence-corrected chi connectivity index (χ3v) is 8.58. The summed E-state index contributed by atoms with van der Waals surface area (Å²) in [7, 11) is 0. The highest BCUT2D eigenvalue weighted by Crippen LogP contribution is 2.36. The van der Waals surface area contributed by atoms with Crippen LogP contribution in [-0.2, 0) is 0 Å². The van der Waals surface area contributed by atoms with Crippen LogP contribution in [0.4, 0.5) is 0 Å². The molecule has 0 fully saturated rings. The molecule has 44 heavy (non-hydrogen) atoms. The molecule has 0 unspecified atom stereocenters. The van der Waals surface area contributed by atoms with Crippen LogP contribution < -0.4 is 0 Å². The summed E-state index contributed by atoms with van der Waals surface area (Å²) in [6.07, 6.45) is 2.10. The SMILES string of the molecule is c1ccc(-n2ccc3c(-c4cccc(-c5cccc6ccccc56)c4)nc(-n4c5ccccc5c5ccccc54)nc32)cc1. The second kappa shape index (κ2) is 9.79. The molecule has 0 atom stereocenters. The van der Waals surface area contributed by atoms with Crippen molar-refractivity contribution in [2.75, 3.05) is 0 Å². The standard InChI is InChI=1S/C40H26N4/c1-2-16-30(17-3-1)43-25-24-35-38(29-15-10-14-28(26-29)32-21-11-13-27-12-4-5-18-31(27)32)41-40(42-39(35)43)44-36-22-8-6-19-33(36)34-20-7-9-23-37(34)44/h1-26H. The predicted octanol–water partition coefficient (Wildman–Crippen LogP) is 10.0. The van der Waals surface area contributed by atoms with Gasteiger partial charge >= 0.3 is 0 Å². The zero-order valence-corrected chi connectivity index (χ0v) is 23.8. The van der Waals surface area contributed by atoms with E-state index in [2.05, 4.69) is 161 Å². The maximum absolute atomic E-state index is 5.36. The lowest BCUT2D eigenvalue weighted by Crippen LogP contribution is -2.05. The molecule has 0 aliphatic rings. The predicted molar refractivity (Wildman–Crippen MR) is 182 cm³/mol. The van der Waals surface area contributed by atoms with Gasteiger partial charge in [-0.3, -0.25) is 4.57 Å². The molecule has 0 aliphatic heterocycles. The fourth-order valence-electron chi connectivity index (χ4n) is 6.57. The summed E-state index contributed by atoms with van der Waals surface area (Å²) < 4.78 is 4.36. The van der Waals surface area contributed by atoms with E-state index in [-0.39, 0.29) is 0 Å². The van der Waals surface area contributed by atoms with Gasteiger partial charge in [-0.25, -0.2) is 4.98 Å². The molecule has 4 heteroatoms. The van der Waals surface area contributed by atoms with Crippen LogP contribution in [0.15, 0.2) is 158 Å². The highest BCUT2D eigenvalue weighted by Gasteiger charge is 2.19. The Kier molecular flexibility index (Phi) is 5.47. The van der Waals surface area contributed by atoms with Crippen LogP contribution in [0.5, 0.6) is 0 Å². The average molecular weight is 563 g/mol. The largest absolute Gasteiger partial charge is 0.301 e. The molecule has 0 N–H and O–H groups in total. The van der Waals surface area contributed by atoms with Crippen LogP contribution >= 0.6 is 0 Å². The molecule has 3 heterocycles. The molecule has 9 aromatic rings. The second-order valence-corrected chi connectivity index (χ2v) is 11.1. The van der Waals surface area contributed by atoms with Crippen molar-refractivity contribution in [3.63, 3.8) is 0 Å². The Morgan fingerprint density at radius 3 is 1.89 bits per heavy atom. The minimum absolute atomic E-state index is 0.649. The maximum Gasteiger partial charge on any atom is 0.237 e. The Balaban J connectivity index is 1.34. The fourth-order valence-corrected chi connectivity index (χ4v) is 6.57. The Labute approximate surface area is 254 Å². The zero-order valence-electron chi connectivity index (χ0n) is 23.8. The van der Waals surface area contributed by atoms with Gasteiger partial charge in [-0.05, 0) is 58.3 Å². The van der Waals surface area contributed by atoms with Gasteiger partial charge in [0.1, 0.15) is 0 Å². The van der Waals surface area contributed by atoms with E-state index in [9.17, 15) is 0 Å². The Morgan fingerprint density at radius 1 is 0.455 bits per heavy atom. The van der Waals surface area contributed by atoms with E-state index in [0.29, 0.717) is 5.95 Å². The average Bonchev–Trinajstić information content (AvgIpc) is 3.67. The van der Waals surface area contributed by atoms with E-state index >= 15 is 0 Å². The minimum Gasteiger partial charge on any atom is -0.301 e. The second-order valence-electron chi connectivity index (χ2n) is 11.1. The van der Waals surface area contributed by atoms with Crippen molar-refractivity contribution in [3.8, 4) is 34.0 Å². The highest BCUT2D eigenvalue weighted by molar-refractivity contribution is 6.09. The summed E-state index contributed by atoms with van der Waals surface area (Å²) in [5, 5.41) is 5.84. The first-order chi connectivity index (χ1) is 21.8. The third-order valence-electron chi connectivity index (χ3n) is 8.58. The molecule has 0 amide bonds. The number of benzene rings is 6. The first kappa shape index (κ1) is 24.6. The van der Waals surface area contributed by atoms with Crippen LogP contribution in [0.25, 0.3) is 77.6 Å². The first-order valence-electron chi connectivity index (χ1n) is 14.9. The van der Waals surface area contributed by atoms with Gasteiger partial charge in [0.2, 0.25) is 5.95 Å². The van der Waals surface area contributed by atoms with Crippen LogP contribution in [0.1, 0.15) is 0 Å². The van der Waals surface area contributed by atoms with E-state index < -0.39 is 0 Å². The van der Waals surface area contributed by atoms with Gasteiger partial charge < -0.3 is 4.57 Å². The van der Waals surface area contributed by atoms with Gasteiger partial charge in [0.25, 0.3) is 0 Å². The number of nitrogens with zero attached hydrogens (tertiary/aromatic N) is 4. The van der Waals surface area contributed by atoms with Gasteiger partial charge in [-0.2, -0.15) is 4.98 Å².